The summed E-state index contributed by atoms with van der Waals surface area (Å²) in [6.07, 6.45) is -1.13. The van der Waals surface area contributed by atoms with Crippen LogP contribution in [-0.2, 0) is 19.8 Å². The number of amides is 2. The number of nitrogens with zero attached hydrogens (tertiary/aromatic N) is 1. The van der Waals surface area contributed by atoms with Crippen molar-refractivity contribution in [3.05, 3.63) is 35.4 Å². The minimum Gasteiger partial charge on any atom is -0.449 e. The monoisotopic (exact) mass is 322 g/mol. The molecule has 0 fully saturated rings. The van der Waals surface area contributed by atoms with Gasteiger partial charge in [0.2, 0.25) is 0 Å². The Hall–Kier alpha value is -2.57. The van der Waals surface area contributed by atoms with E-state index in [1.807, 2.05) is 19.1 Å². The minimum absolute atomic E-state index is 0.0999. The van der Waals surface area contributed by atoms with Crippen LogP contribution in [0.25, 0.3) is 0 Å². The lowest BCUT2D eigenvalue weighted by atomic mass is 9.92. The third-order valence-electron chi connectivity index (χ3n) is 3.26. The van der Waals surface area contributed by atoms with Crippen molar-refractivity contribution in [1.82, 2.24) is 10.4 Å². The number of hydrazine groups is 1. The number of aldehydes is 1. The van der Waals surface area contributed by atoms with E-state index < -0.39 is 17.7 Å². The molecule has 1 N–H and O–H groups in total. The molecule has 1 aromatic carbocycles. The van der Waals surface area contributed by atoms with Crippen LogP contribution in [0, 0.1) is 6.92 Å². The first-order chi connectivity index (χ1) is 10.9. The van der Waals surface area contributed by atoms with E-state index in [2.05, 4.69) is 5.43 Å². The fraction of sp³-hybridized carbons (Fsp3) is 0.438. The number of carbonyl (C=O) groups is 3. The van der Waals surface area contributed by atoms with Gasteiger partial charge in [-0.05, 0) is 33.3 Å². The van der Waals surface area contributed by atoms with Gasteiger partial charge < -0.3 is 14.3 Å². The normalized spacial score (nSPS) is 12.7. The van der Waals surface area contributed by atoms with Crippen molar-refractivity contribution in [3.63, 3.8) is 0 Å². The van der Waals surface area contributed by atoms with E-state index in [0.717, 1.165) is 10.6 Å². The zero-order valence-electron chi connectivity index (χ0n) is 13.8. The highest BCUT2D eigenvalue weighted by Crippen LogP contribution is 2.26. The van der Waals surface area contributed by atoms with Gasteiger partial charge in [-0.15, -0.1) is 0 Å². The Bertz CT molecular complexity index is 558. The summed E-state index contributed by atoms with van der Waals surface area (Å²) in [5.74, 6) is 0. The summed E-state index contributed by atoms with van der Waals surface area (Å²) in [4.78, 5) is 35.7. The largest absolute Gasteiger partial charge is 0.449 e. The average molecular weight is 322 g/mol. The Kier molecular flexibility index (Phi) is 6.56. The van der Waals surface area contributed by atoms with E-state index in [1.54, 1.807) is 26.0 Å². The summed E-state index contributed by atoms with van der Waals surface area (Å²) in [6, 6.07) is 7.04. The molecule has 2 amide bonds. The van der Waals surface area contributed by atoms with E-state index >= 15 is 0 Å². The molecule has 7 nitrogen and oxygen atoms in total. The van der Waals surface area contributed by atoms with Crippen molar-refractivity contribution in [2.24, 2.45) is 0 Å². The number of hydrogen-bond donors (Lipinski definition) is 1. The lowest BCUT2D eigenvalue weighted by Gasteiger charge is -2.35. The molecule has 126 valence electrons. The van der Waals surface area contributed by atoms with Gasteiger partial charge >= 0.3 is 12.2 Å². The van der Waals surface area contributed by atoms with Crippen molar-refractivity contribution >= 4 is 18.5 Å². The molecule has 1 aromatic rings. The van der Waals surface area contributed by atoms with Crippen molar-refractivity contribution in [3.8, 4) is 0 Å². The molecule has 0 radical (unpaired) electrons. The van der Waals surface area contributed by atoms with Crippen molar-refractivity contribution in [1.29, 1.82) is 0 Å². The fourth-order valence-corrected chi connectivity index (χ4v) is 1.93. The van der Waals surface area contributed by atoms with Crippen LogP contribution in [0.2, 0.25) is 0 Å². The van der Waals surface area contributed by atoms with Crippen LogP contribution in [0.3, 0.4) is 0 Å². The maximum atomic E-state index is 12.2. The average Bonchev–Trinajstić information content (AvgIpc) is 2.53. The second kappa shape index (κ2) is 8.17. The van der Waals surface area contributed by atoms with Gasteiger partial charge in [0, 0.05) is 0 Å². The molecule has 0 bridgehead atoms. The van der Waals surface area contributed by atoms with Gasteiger partial charge in [-0.1, -0.05) is 29.8 Å². The molecule has 0 heterocycles. The summed E-state index contributed by atoms with van der Waals surface area (Å²) in [7, 11) is 0. The van der Waals surface area contributed by atoms with E-state index in [-0.39, 0.29) is 13.2 Å². The number of ether oxygens (including phenoxy) is 2. The quantitative estimate of drug-likeness (QED) is 0.665. The molecule has 0 saturated carbocycles. The smallest absolute Gasteiger partial charge is 0.430 e. The molecule has 1 rings (SSSR count). The van der Waals surface area contributed by atoms with E-state index in [4.69, 9.17) is 9.47 Å². The second-order valence-electron chi connectivity index (χ2n) is 5.00. The van der Waals surface area contributed by atoms with Crippen LogP contribution in [0.5, 0.6) is 0 Å². The Morgan fingerprint density at radius 2 is 1.74 bits per heavy atom. The Balaban J connectivity index is 3.22. The third kappa shape index (κ3) is 4.45. The third-order valence-corrected chi connectivity index (χ3v) is 3.26. The summed E-state index contributed by atoms with van der Waals surface area (Å²) >= 11 is 0. The molecule has 0 aliphatic heterocycles. The van der Waals surface area contributed by atoms with Gasteiger partial charge in [0.05, 0.1) is 13.2 Å². The van der Waals surface area contributed by atoms with Crippen LogP contribution >= 0.6 is 0 Å². The number of rotatable bonds is 5. The number of hydrogen-bond acceptors (Lipinski definition) is 5. The van der Waals surface area contributed by atoms with Gasteiger partial charge in [-0.3, -0.25) is 0 Å². The molecule has 0 aliphatic rings. The molecule has 23 heavy (non-hydrogen) atoms. The summed E-state index contributed by atoms with van der Waals surface area (Å²) in [5.41, 5.74) is 2.37. The highest BCUT2D eigenvalue weighted by molar-refractivity contribution is 5.80. The Labute approximate surface area is 135 Å². The second-order valence-corrected chi connectivity index (χ2v) is 5.00. The molecular weight excluding hydrogens is 300 g/mol. The van der Waals surface area contributed by atoms with Gasteiger partial charge in [0.15, 0.2) is 6.29 Å². The predicted octanol–water partition coefficient (Wildman–Crippen LogP) is 2.53. The van der Waals surface area contributed by atoms with Gasteiger partial charge in [-0.2, -0.15) is 5.01 Å². The Morgan fingerprint density at radius 1 is 1.17 bits per heavy atom. The number of carbonyl (C=O) groups excluding carboxylic acids is 3. The molecule has 0 saturated heterocycles. The molecule has 7 heteroatoms. The zero-order valence-corrected chi connectivity index (χ0v) is 13.8. The first kappa shape index (κ1) is 18.5. The highest BCUT2D eigenvalue weighted by Gasteiger charge is 2.40. The maximum Gasteiger partial charge on any atom is 0.430 e. The number of benzene rings is 1. The van der Waals surface area contributed by atoms with E-state index in [1.165, 1.54) is 6.92 Å². The summed E-state index contributed by atoms with van der Waals surface area (Å²) in [5, 5.41) is 0.839. The van der Waals surface area contributed by atoms with E-state index in [0.29, 0.717) is 11.8 Å². The van der Waals surface area contributed by atoms with Crippen LogP contribution < -0.4 is 5.43 Å². The van der Waals surface area contributed by atoms with Crippen LogP contribution in [0.15, 0.2) is 24.3 Å². The standard InChI is InChI=1S/C16H22N2O5/c1-5-22-14(20)17-18(15(21)23-6-2)16(4,11-19)13-9-7-12(3)8-10-13/h7-11H,5-6H2,1-4H3,(H,17,20). The maximum absolute atomic E-state index is 12.2. The van der Waals surface area contributed by atoms with Gasteiger partial charge in [0.25, 0.3) is 0 Å². The van der Waals surface area contributed by atoms with Crippen molar-refractivity contribution in [2.45, 2.75) is 33.2 Å². The minimum atomic E-state index is -1.44. The molecule has 1 atom stereocenters. The van der Waals surface area contributed by atoms with Crippen molar-refractivity contribution in [2.75, 3.05) is 13.2 Å². The predicted molar refractivity (Wildman–Crippen MR) is 83.6 cm³/mol. The van der Waals surface area contributed by atoms with Crippen LogP contribution in [0.1, 0.15) is 31.9 Å². The Morgan fingerprint density at radius 3 is 2.22 bits per heavy atom. The highest BCUT2D eigenvalue weighted by atomic mass is 16.6. The molecule has 0 aliphatic carbocycles. The summed E-state index contributed by atoms with van der Waals surface area (Å²) < 4.78 is 9.71. The zero-order chi connectivity index (χ0) is 17.5. The number of nitrogens with one attached hydrogen (secondary N) is 1. The first-order valence-corrected chi connectivity index (χ1v) is 7.32. The fourth-order valence-electron chi connectivity index (χ4n) is 1.93. The van der Waals surface area contributed by atoms with Gasteiger partial charge in [0.1, 0.15) is 5.54 Å². The first-order valence-electron chi connectivity index (χ1n) is 7.32. The molecule has 1 unspecified atom stereocenters. The van der Waals surface area contributed by atoms with E-state index in [9.17, 15) is 14.4 Å². The van der Waals surface area contributed by atoms with Gasteiger partial charge in [-0.25, -0.2) is 15.0 Å². The topological polar surface area (TPSA) is 84.9 Å². The lowest BCUT2D eigenvalue weighted by molar-refractivity contribution is -0.119. The molecule has 0 aromatic heterocycles. The van der Waals surface area contributed by atoms with Crippen LogP contribution in [-0.4, -0.2) is 36.7 Å². The SMILES string of the molecule is CCOC(=O)NN(C(=O)OCC)C(C)(C=O)c1ccc(C)cc1. The summed E-state index contributed by atoms with van der Waals surface area (Å²) in [6.45, 7) is 6.90. The van der Waals surface area contributed by atoms with Crippen LogP contribution in [0.4, 0.5) is 9.59 Å². The van der Waals surface area contributed by atoms with Crippen molar-refractivity contribution < 1.29 is 23.9 Å². The molecule has 0 spiro atoms. The number of aryl methyl sites for hydroxylation is 1. The molecular formula is C16H22N2O5. The lowest BCUT2D eigenvalue weighted by Crippen LogP contribution is -2.58.